The van der Waals surface area contributed by atoms with Gasteiger partial charge in [0.1, 0.15) is 29.8 Å². The van der Waals surface area contributed by atoms with Crippen LogP contribution in [0.1, 0.15) is 154 Å². The number of methoxy groups -OCH3 is 4. The molecule has 31 heteroatoms. The Bertz CT molecular complexity index is 6050. The summed E-state index contributed by atoms with van der Waals surface area (Å²) < 4.78 is 89.7. The van der Waals surface area contributed by atoms with E-state index >= 15 is 8.78 Å². The normalized spacial score (nSPS) is 20.3. The number of carboxylic acids is 1. The molecular weight excluding hydrogens is 1710 g/mol. The molecule has 1 unspecified atom stereocenters. The summed E-state index contributed by atoms with van der Waals surface area (Å²) in [5.41, 5.74) is 14.0. The number of benzene rings is 8. The Hall–Kier alpha value is -13.7. The van der Waals surface area contributed by atoms with Gasteiger partial charge in [-0.2, -0.15) is 0 Å². The van der Waals surface area contributed by atoms with E-state index in [-0.39, 0.29) is 29.5 Å². The maximum atomic E-state index is 15.1. The van der Waals surface area contributed by atoms with Gasteiger partial charge in [0, 0.05) is 105 Å². The third-order valence-electron chi connectivity index (χ3n) is 26.7. The number of halogens is 4. The monoisotopic (exact) mass is 1810 g/mol. The van der Waals surface area contributed by atoms with Crippen molar-refractivity contribution in [3.05, 3.63) is 241 Å². The lowest BCUT2D eigenvalue weighted by Crippen LogP contribution is -2.55. The van der Waals surface area contributed by atoms with E-state index in [1.54, 1.807) is 42.7 Å². The minimum absolute atomic E-state index is 0.0647. The topological polar surface area (TPSA) is 349 Å². The predicted molar refractivity (Wildman–Crippen MR) is 493 cm³/mol. The highest BCUT2D eigenvalue weighted by molar-refractivity contribution is 6.06. The Morgan fingerprint density at radius 3 is 1.24 bits per heavy atom. The van der Waals surface area contributed by atoms with Gasteiger partial charge >= 0.3 is 30.3 Å². The predicted octanol–water partition coefficient (Wildman–Crippen LogP) is 18.3. The van der Waals surface area contributed by atoms with Crippen molar-refractivity contribution in [3.8, 4) is 44.8 Å². The van der Waals surface area contributed by atoms with Crippen molar-refractivity contribution < 1.29 is 89.4 Å². The van der Waals surface area contributed by atoms with E-state index in [1.165, 1.54) is 63.9 Å². The van der Waals surface area contributed by atoms with Crippen LogP contribution in [-0.4, -0.2) is 198 Å². The molecule has 2 saturated carbocycles. The lowest BCUT2D eigenvalue weighted by molar-refractivity contribution is -0.139. The van der Waals surface area contributed by atoms with Crippen LogP contribution in [0.4, 0.5) is 36.7 Å². The number of nitrogens with zero attached hydrogens (tertiary/aromatic N) is 6. The van der Waals surface area contributed by atoms with Crippen LogP contribution in [0.15, 0.2) is 217 Å². The third-order valence-corrected chi connectivity index (χ3v) is 26.7. The average Bonchev–Trinajstić information content (AvgIpc) is 1.61. The molecule has 692 valence electrons. The van der Waals surface area contributed by atoms with Crippen molar-refractivity contribution >= 4 is 92.1 Å². The molecule has 8 aliphatic rings. The number of Topliss-reactive ketones (excluding diaryl/α,β-unsaturated/α-hetero) is 1. The Kier molecular flexibility index (Phi) is 28.8. The van der Waals surface area contributed by atoms with E-state index in [0.29, 0.717) is 99.8 Å². The molecule has 0 spiro atoms. The van der Waals surface area contributed by atoms with E-state index in [4.69, 9.17) is 33.8 Å². The number of likely N-dealkylation sites (tertiary alicyclic amines) is 2. The van der Waals surface area contributed by atoms with Crippen LogP contribution >= 0.6 is 0 Å². The van der Waals surface area contributed by atoms with Crippen molar-refractivity contribution in [2.75, 3.05) is 68.0 Å². The number of carbonyl (C=O) groups excluding carboxylic acids is 7. The van der Waals surface area contributed by atoms with Crippen LogP contribution in [0.3, 0.4) is 0 Å². The van der Waals surface area contributed by atoms with Crippen LogP contribution in [0.2, 0.25) is 0 Å². The first-order chi connectivity index (χ1) is 64.4. The number of amides is 6. The number of ketones is 1. The first kappa shape index (κ1) is 92.6. The molecule has 7 N–H and O–H groups in total. The van der Waals surface area contributed by atoms with Gasteiger partial charge in [-0.3, -0.25) is 24.4 Å². The van der Waals surface area contributed by atoms with E-state index in [2.05, 4.69) is 136 Å². The smallest absolute Gasteiger partial charge is 0.407 e. The molecule has 2 aromatic heterocycles. The number of ether oxygens (including phenoxy) is 6. The number of imidazole rings is 2. The fourth-order valence-corrected chi connectivity index (χ4v) is 19.5. The van der Waals surface area contributed by atoms with E-state index in [9.17, 15) is 47.1 Å². The maximum Gasteiger partial charge on any atom is 0.407 e. The molecule has 6 fully saturated rings. The summed E-state index contributed by atoms with van der Waals surface area (Å²) in [6.45, 7) is 0.228. The largest absolute Gasteiger partial charge is 0.479 e. The molecule has 8 heterocycles. The van der Waals surface area contributed by atoms with Crippen LogP contribution < -0.4 is 21.3 Å². The number of H-pyrrole nitrogens is 2. The van der Waals surface area contributed by atoms with Gasteiger partial charge in [-0.05, 0) is 165 Å². The van der Waals surface area contributed by atoms with Gasteiger partial charge in [0.2, 0.25) is 11.8 Å². The number of fused-ring (bicyclic) bond motifs is 2. The van der Waals surface area contributed by atoms with E-state index in [0.717, 1.165) is 113 Å². The SMILES string of the molecule is COC(=O)N[C@@H](C(=O)O)c1ccccc1.COC(=O)N[C@H](C(=O)N1CC(F)(F)C[C@H]1C1=NC=C(c2ccc(-c3ccc4cc(-c5cnc(C6CCCC6)[nH]5)ccc4c3)cc2)C1)C1CCOCC1.COC(=O)N[C@H](C(=O)N1CC(F)(F)C[C@H]1C1=NC=C(c2ccc(-c3ccc4cc(-c5cnc([C@@H]6CCCC6C(=O)[C@H](NC(=O)OC)c6ccccc6)[nH]5)ccc4c3)cc2)C1)C1CCOCC1. The molecule has 6 aliphatic heterocycles. The number of aromatic amines is 2. The zero-order chi connectivity index (χ0) is 93.0. The highest BCUT2D eigenvalue weighted by Gasteiger charge is 2.54. The number of hydrogen-bond acceptors (Lipinski definition) is 18. The summed E-state index contributed by atoms with van der Waals surface area (Å²) >= 11 is 0. The molecule has 8 aromatic carbocycles. The Balaban J connectivity index is 0.000000171. The first-order valence-corrected chi connectivity index (χ1v) is 45.1. The Labute approximate surface area is 766 Å². The number of allylic oxidation sites excluding steroid dienone is 2. The second-order valence-electron chi connectivity index (χ2n) is 35.0. The first-order valence-electron chi connectivity index (χ1n) is 45.1. The summed E-state index contributed by atoms with van der Waals surface area (Å²) in [5, 5.41) is 23.5. The fraction of sp³-hybridized carbons (Fsp3) is 0.373. The van der Waals surface area contributed by atoms with Gasteiger partial charge in [0.05, 0.1) is 77.4 Å². The summed E-state index contributed by atoms with van der Waals surface area (Å²) in [7, 11) is 4.88. The highest BCUT2D eigenvalue weighted by atomic mass is 19.3. The number of aromatic nitrogens is 4. The van der Waals surface area contributed by atoms with Gasteiger partial charge in [-0.25, -0.2) is 51.5 Å². The minimum atomic E-state index is -3.11. The van der Waals surface area contributed by atoms with Crippen molar-refractivity contribution in [3.63, 3.8) is 0 Å². The molecule has 0 radical (unpaired) electrons. The molecule has 27 nitrogen and oxygen atoms in total. The summed E-state index contributed by atoms with van der Waals surface area (Å²) in [6, 6.07) is 53.6. The number of alkyl carbamates (subject to hydrolysis) is 4. The molecule has 18 rings (SSSR count). The number of nitrogens with one attached hydrogen (secondary N) is 6. The molecule has 133 heavy (non-hydrogen) atoms. The summed E-state index contributed by atoms with van der Waals surface area (Å²) in [4.78, 5) is 129. The third kappa shape index (κ3) is 21.7. The van der Waals surface area contributed by atoms with Crippen LogP contribution in [0.5, 0.6) is 0 Å². The number of aliphatic imine (C=N–C) groups is 2. The van der Waals surface area contributed by atoms with E-state index in [1.807, 2.05) is 79.1 Å². The molecule has 10 aromatic rings. The van der Waals surface area contributed by atoms with Gasteiger partial charge in [0.25, 0.3) is 11.8 Å². The molecular formula is C102H106F4N12O15. The Morgan fingerprint density at radius 2 is 0.812 bits per heavy atom. The number of hydrogen-bond donors (Lipinski definition) is 7. The van der Waals surface area contributed by atoms with Gasteiger partial charge < -0.3 is 74.6 Å². The Morgan fingerprint density at radius 1 is 0.436 bits per heavy atom. The lowest BCUT2D eigenvalue weighted by Gasteiger charge is -2.34. The number of alkyl halides is 4. The number of aliphatic carboxylic acids is 1. The van der Waals surface area contributed by atoms with Crippen molar-refractivity contribution in [1.82, 2.24) is 51.0 Å². The zero-order valence-electron chi connectivity index (χ0n) is 74.2. The van der Waals surface area contributed by atoms with Crippen molar-refractivity contribution in [2.24, 2.45) is 27.7 Å². The quantitative estimate of drug-likeness (QED) is 0.0231. The van der Waals surface area contributed by atoms with Gasteiger partial charge in [0.15, 0.2) is 11.8 Å². The van der Waals surface area contributed by atoms with E-state index < -0.39 is 116 Å². The van der Waals surface area contributed by atoms with Crippen LogP contribution in [0, 0.1) is 17.8 Å². The summed E-state index contributed by atoms with van der Waals surface area (Å²) in [5.74, 6) is -7.05. The summed E-state index contributed by atoms with van der Waals surface area (Å²) in [6.07, 6.45) is 13.2. The van der Waals surface area contributed by atoms with Gasteiger partial charge in [-0.1, -0.05) is 177 Å². The lowest BCUT2D eigenvalue weighted by atomic mass is 9.85. The molecule has 4 saturated heterocycles. The van der Waals surface area contributed by atoms with Gasteiger partial charge in [-0.15, -0.1) is 0 Å². The second-order valence-corrected chi connectivity index (χ2v) is 35.0. The average molecular weight is 1820 g/mol. The second kappa shape index (κ2) is 41.4. The molecule has 2 aliphatic carbocycles. The number of carboxylic acid groups (broad SMARTS) is 1. The zero-order valence-corrected chi connectivity index (χ0v) is 74.2. The van der Waals surface area contributed by atoms with Crippen molar-refractivity contribution in [1.29, 1.82) is 0 Å². The van der Waals surface area contributed by atoms with Crippen LogP contribution in [-0.2, 0) is 47.6 Å². The van der Waals surface area contributed by atoms with Crippen LogP contribution in [0.25, 0.3) is 77.5 Å². The molecule has 0 bridgehead atoms. The standard InChI is InChI=1S/C51H52F2N6O7.C41H43F2N5O4.C10H11NO4/c1-64-49(62)57-44(32-7-4-3-5-8-32)46(60)39-9-6-10-40(39)47-55-28-42(56-47)37-18-17-35-23-34(15-16-36(35)24-37)30-11-13-31(14-12-30)38-25-41(54-27-38)43-26-51(52,53)29-59(43)48(61)45(58-50(63)65-2)33-19-21-66-22-20-33;1-51-40(50)47-37(27-14-16-52-17-15-27)39(49)48-24-41(42,43)21-36(48)34-20-33(22-44-34)26-8-6-25(7-9-26)29-10-11-31-19-32(13-12-30(31)18-29)35-23-45-38(46-35)28-4-2-3-5-28;1-15-10(14)11-8(9(12)13)7-5-3-2-4-6-7/h3-5,7-8,11-18,23-24,27-28,33,39-40,43-45H,6,9-10,19-22,25-26,29H2,1-2H3,(H,55,56)(H,57,62)(H,58,63);6-13,18-19,22-23,27-28,36-37H,2-5,14-17,20-21,24H2,1H3,(H,45,46)(H,47,50);2-6,8H,1H3,(H,11,14)(H,12,13)/t39?,40-,43+,44-,45+;36-,37-;8-/m101/s1. The minimum Gasteiger partial charge on any atom is -0.479 e. The number of rotatable bonds is 23. The maximum absolute atomic E-state index is 15.1. The molecule has 6 amide bonds. The highest BCUT2D eigenvalue weighted by Crippen LogP contribution is 2.45. The number of carbonyl (C=O) groups is 8. The molecule has 8 atom stereocenters. The van der Waals surface area contributed by atoms with Crippen molar-refractivity contribution in [2.45, 2.75) is 156 Å². The fourth-order valence-electron chi connectivity index (χ4n) is 19.5.